The predicted octanol–water partition coefficient (Wildman–Crippen LogP) is 2.65. The highest BCUT2D eigenvalue weighted by atomic mass is 79.9. The fraction of sp³-hybridized carbons (Fsp3) is 0.385. The first-order valence-corrected chi connectivity index (χ1v) is 6.93. The summed E-state index contributed by atoms with van der Waals surface area (Å²) in [5.41, 5.74) is -0.525. The molecule has 0 spiro atoms. The Hall–Kier alpha value is -1.96. The third-order valence-corrected chi connectivity index (χ3v) is 4.49. The van der Waals surface area contributed by atoms with E-state index in [-0.39, 0.29) is 11.4 Å². The van der Waals surface area contributed by atoms with Crippen molar-refractivity contribution >= 4 is 39.2 Å². The molecule has 0 radical (unpaired) electrons. The number of anilines is 1. The van der Waals surface area contributed by atoms with Gasteiger partial charge in [0.05, 0.1) is 22.4 Å². The number of carboxylic acids is 1. The van der Waals surface area contributed by atoms with E-state index in [1.165, 1.54) is 18.2 Å². The molecule has 2 rings (SSSR count). The maximum absolute atomic E-state index is 12.2. The lowest BCUT2D eigenvalue weighted by Gasteiger charge is -2.08. The second-order valence-electron chi connectivity index (χ2n) is 5.53. The second kappa shape index (κ2) is 5.10. The van der Waals surface area contributed by atoms with Crippen LogP contribution < -0.4 is 5.32 Å². The van der Waals surface area contributed by atoms with Crippen molar-refractivity contribution in [2.45, 2.75) is 13.8 Å². The van der Waals surface area contributed by atoms with Gasteiger partial charge in [0.25, 0.3) is 5.69 Å². The largest absolute Gasteiger partial charge is 0.481 e. The van der Waals surface area contributed by atoms with Gasteiger partial charge in [0.1, 0.15) is 0 Å². The van der Waals surface area contributed by atoms with Crippen molar-refractivity contribution in [2.75, 3.05) is 5.32 Å². The fourth-order valence-electron chi connectivity index (χ4n) is 2.52. The Kier molecular flexibility index (Phi) is 3.75. The van der Waals surface area contributed by atoms with Gasteiger partial charge in [-0.1, -0.05) is 13.8 Å². The Morgan fingerprint density at radius 2 is 2.00 bits per heavy atom. The number of non-ortho nitro benzene ring substituents is 1. The zero-order valence-corrected chi connectivity index (χ0v) is 12.9. The number of benzene rings is 1. The summed E-state index contributed by atoms with van der Waals surface area (Å²) >= 11 is 3.20. The molecule has 2 atom stereocenters. The van der Waals surface area contributed by atoms with Crippen LogP contribution in [0.3, 0.4) is 0 Å². The Morgan fingerprint density at radius 1 is 1.38 bits per heavy atom. The number of amides is 1. The van der Waals surface area contributed by atoms with E-state index in [4.69, 9.17) is 5.11 Å². The minimum atomic E-state index is -1.02. The van der Waals surface area contributed by atoms with Gasteiger partial charge < -0.3 is 10.4 Å². The number of hydrogen-bond acceptors (Lipinski definition) is 4. The summed E-state index contributed by atoms with van der Waals surface area (Å²) in [5.74, 6) is -2.86. The number of rotatable bonds is 4. The molecule has 7 nitrogen and oxygen atoms in total. The number of aliphatic carboxylic acids is 1. The van der Waals surface area contributed by atoms with E-state index >= 15 is 0 Å². The molecule has 21 heavy (non-hydrogen) atoms. The van der Waals surface area contributed by atoms with E-state index < -0.39 is 34.1 Å². The van der Waals surface area contributed by atoms with Crippen LogP contribution in [0.15, 0.2) is 22.7 Å². The van der Waals surface area contributed by atoms with Crippen molar-refractivity contribution in [1.82, 2.24) is 0 Å². The monoisotopic (exact) mass is 356 g/mol. The molecule has 0 aromatic heterocycles. The number of hydrogen-bond donors (Lipinski definition) is 2. The number of halogens is 1. The highest BCUT2D eigenvalue weighted by Gasteiger charge is 2.65. The van der Waals surface area contributed by atoms with Crippen LogP contribution in [0.5, 0.6) is 0 Å². The van der Waals surface area contributed by atoms with E-state index in [0.717, 1.165) is 0 Å². The van der Waals surface area contributed by atoms with Crippen LogP contribution >= 0.6 is 15.9 Å². The molecule has 1 saturated carbocycles. The summed E-state index contributed by atoms with van der Waals surface area (Å²) in [7, 11) is 0. The standard InChI is InChI=1S/C13H13BrN2O5/c1-13(2)9(10(13)12(18)19)11(17)15-8-5-6(16(20)21)3-4-7(8)14/h3-5,9-10H,1-2H3,(H,15,17)(H,18,19). The maximum Gasteiger partial charge on any atom is 0.307 e. The lowest BCUT2D eigenvalue weighted by atomic mass is 10.1. The van der Waals surface area contributed by atoms with Gasteiger partial charge in [0.15, 0.2) is 0 Å². The molecular weight excluding hydrogens is 344 g/mol. The Labute approximate surface area is 128 Å². The van der Waals surface area contributed by atoms with Crippen LogP contribution in [0.1, 0.15) is 13.8 Å². The molecule has 2 unspecified atom stereocenters. The zero-order chi connectivity index (χ0) is 15.9. The van der Waals surface area contributed by atoms with Crippen molar-refractivity contribution in [3.05, 3.63) is 32.8 Å². The molecule has 0 bridgehead atoms. The molecule has 0 saturated heterocycles. The van der Waals surface area contributed by atoms with Crippen molar-refractivity contribution in [2.24, 2.45) is 17.3 Å². The van der Waals surface area contributed by atoms with Gasteiger partial charge in [-0.05, 0) is 27.4 Å². The van der Waals surface area contributed by atoms with Crippen molar-refractivity contribution in [3.63, 3.8) is 0 Å². The summed E-state index contributed by atoms with van der Waals surface area (Å²) in [6, 6.07) is 3.99. The highest BCUT2D eigenvalue weighted by molar-refractivity contribution is 9.10. The average Bonchev–Trinajstić information content (AvgIpc) is 2.95. The molecule has 8 heteroatoms. The van der Waals surface area contributed by atoms with Crippen LogP contribution in [0.25, 0.3) is 0 Å². The summed E-state index contributed by atoms with van der Waals surface area (Å²) < 4.78 is 0.492. The Balaban J connectivity index is 2.20. The van der Waals surface area contributed by atoms with Gasteiger partial charge in [0, 0.05) is 16.6 Å². The van der Waals surface area contributed by atoms with E-state index in [0.29, 0.717) is 4.47 Å². The SMILES string of the molecule is CC1(C)C(C(=O)O)C1C(=O)Nc1cc([N+](=O)[O-])ccc1Br. The average molecular weight is 357 g/mol. The minimum Gasteiger partial charge on any atom is -0.481 e. The van der Waals surface area contributed by atoms with Gasteiger partial charge in [-0.3, -0.25) is 19.7 Å². The molecule has 1 aliphatic rings. The zero-order valence-electron chi connectivity index (χ0n) is 11.3. The maximum atomic E-state index is 12.2. The molecule has 1 amide bonds. The molecule has 1 fully saturated rings. The van der Waals surface area contributed by atoms with Crippen molar-refractivity contribution in [1.29, 1.82) is 0 Å². The molecule has 0 aliphatic heterocycles. The molecule has 1 aliphatic carbocycles. The molecule has 0 heterocycles. The number of nitrogens with one attached hydrogen (secondary N) is 1. The Morgan fingerprint density at radius 3 is 2.48 bits per heavy atom. The summed E-state index contributed by atoms with van der Waals surface area (Å²) in [4.78, 5) is 33.4. The fourth-order valence-corrected chi connectivity index (χ4v) is 2.87. The van der Waals surface area contributed by atoms with Crippen molar-refractivity contribution in [3.8, 4) is 0 Å². The Bertz CT molecular complexity index is 643. The van der Waals surface area contributed by atoms with Crippen LogP contribution in [-0.4, -0.2) is 21.9 Å². The van der Waals surface area contributed by atoms with Crippen LogP contribution in [0.4, 0.5) is 11.4 Å². The van der Waals surface area contributed by atoms with Gasteiger partial charge in [-0.15, -0.1) is 0 Å². The quantitative estimate of drug-likeness (QED) is 0.636. The molecule has 2 N–H and O–H groups in total. The summed E-state index contributed by atoms with van der Waals surface area (Å²) in [5, 5.41) is 22.4. The normalized spacial score (nSPS) is 22.4. The lowest BCUT2D eigenvalue weighted by molar-refractivity contribution is -0.384. The first kappa shape index (κ1) is 15.4. The van der Waals surface area contributed by atoms with Gasteiger partial charge in [0.2, 0.25) is 5.91 Å². The van der Waals surface area contributed by atoms with E-state index in [1.807, 2.05) is 0 Å². The van der Waals surface area contributed by atoms with Crippen LogP contribution in [0.2, 0.25) is 0 Å². The molecule has 112 valence electrons. The highest BCUT2D eigenvalue weighted by Crippen LogP contribution is 2.58. The number of nitro groups is 1. The molecule has 1 aromatic rings. The summed E-state index contributed by atoms with van der Waals surface area (Å²) in [6.07, 6.45) is 0. The first-order chi connectivity index (χ1) is 9.66. The van der Waals surface area contributed by atoms with Crippen LogP contribution in [0, 0.1) is 27.4 Å². The van der Waals surface area contributed by atoms with E-state index in [2.05, 4.69) is 21.2 Å². The van der Waals surface area contributed by atoms with Crippen LogP contribution in [-0.2, 0) is 9.59 Å². The predicted molar refractivity (Wildman–Crippen MR) is 77.8 cm³/mol. The topological polar surface area (TPSA) is 110 Å². The van der Waals surface area contributed by atoms with E-state index in [9.17, 15) is 19.7 Å². The van der Waals surface area contributed by atoms with Gasteiger partial charge in [-0.2, -0.15) is 0 Å². The summed E-state index contributed by atoms with van der Waals surface area (Å²) in [6.45, 7) is 3.41. The molecular formula is C13H13BrN2O5. The third kappa shape index (κ3) is 2.76. The molecule has 1 aromatic carbocycles. The smallest absolute Gasteiger partial charge is 0.307 e. The third-order valence-electron chi connectivity index (χ3n) is 3.79. The number of carboxylic acid groups (broad SMARTS) is 1. The number of nitrogens with zero attached hydrogens (tertiary/aromatic N) is 1. The first-order valence-electron chi connectivity index (χ1n) is 6.14. The van der Waals surface area contributed by atoms with Gasteiger partial charge in [-0.25, -0.2) is 0 Å². The van der Waals surface area contributed by atoms with Gasteiger partial charge >= 0.3 is 5.97 Å². The second-order valence-corrected chi connectivity index (χ2v) is 6.38. The number of carbonyl (C=O) groups is 2. The van der Waals surface area contributed by atoms with E-state index in [1.54, 1.807) is 13.8 Å². The lowest BCUT2D eigenvalue weighted by Crippen LogP contribution is -2.18. The number of carbonyl (C=O) groups excluding carboxylic acids is 1. The minimum absolute atomic E-state index is 0.154. The van der Waals surface area contributed by atoms with Crippen molar-refractivity contribution < 1.29 is 19.6 Å². The number of nitro benzene ring substituents is 1.